The van der Waals surface area contributed by atoms with Gasteiger partial charge in [-0.3, -0.25) is 4.55 Å². The second kappa shape index (κ2) is 31.4. The van der Waals surface area contributed by atoms with Crippen molar-refractivity contribution in [1.29, 1.82) is 0 Å². The Kier molecular flexibility index (Phi) is 39.5. The van der Waals surface area contributed by atoms with E-state index in [1.807, 2.05) is 0 Å². The molecule has 0 aliphatic rings. The molecule has 0 aromatic carbocycles. The Bertz CT molecular complexity index is 338. The molecule has 8 heteroatoms. The molecule has 0 aliphatic carbocycles. The summed E-state index contributed by atoms with van der Waals surface area (Å²) in [5, 5.41) is 15.1. The summed E-state index contributed by atoms with van der Waals surface area (Å²) in [6, 6.07) is 0. The Balaban J connectivity index is -0.000000362. The molecule has 0 aromatic rings. The van der Waals surface area contributed by atoms with Crippen LogP contribution in [0.3, 0.4) is 0 Å². The van der Waals surface area contributed by atoms with Crippen LogP contribution in [0.1, 0.15) is 111 Å². The zero-order valence-electron chi connectivity index (χ0n) is 18.7. The molecule has 0 aliphatic heterocycles. The number of hydrogen-bond donors (Lipinski definition) is 4. The van der Waals surface area contributed by atoms with Crippen molar-refractivity contribution in [3.8, 4) is 0 Å². The van der Waals surface area contributed by atoms with Gasteiger partial charge < -0.3 is 16.4 Å². The highest BCUT2D eigenvalue weighted by Crippen LogP contribution is 2.12. The molecule has 0 atom stereocenters. The van der Waals surface area contributed by atoms with Gasteiger partial charge in [-0.2, -0.15) is 8.42 Å². The number of aliphatic hydroxyl groups is 2. The zero-order valence-corrected chi connectivity index (χ0v) is 19.5. The Morgan fingerprint density at radius 2 is 0.857 bits per heavy atom. The average molecular weight is 432 g/mol. The van der Waals surface area contributed by atoms with Crippen LogP contribution >= 0.6 is 0 Å². The molecule has 0 radical (unpaired) electrons. The third-order valence-electron chi connectivity index (χ3n) is 3.73. The minimum Gasteiger partial charge on any atom is -0.397 e. The van der Waals surface area contributed by atoms with E-state index in [4.69, 9.17) is 14.8 Å². The van der Waals surface area contributed by atoms with Crippen LogP contribution < -0.4 is 6.15 Å². The van der Waals surface area contributed by atoms with Crippen LogP contribution in [0, 0.1) is 0 Å². The van der Waals surface area contributed by atoms with E-state index in [-0.39, 0.29) is 26.0 Å². The van der Waals surface area contributed by atoms with E-state index in [1.165, 1.54) is 70.6 Å². The van der Waals surface area contributed by atoms with Gasteiger partial charge in [-0.25, -0.2) is 4.18 Å². The summed E-state index contributed by atoms with van der Waals surface area (Å²) < 4.78 is 33.2. The van der Waals surface area contributed by atoms with E-state index in [2.05, 4.69) is 11.1 Å². The van der Waals surface area contributed by atoms with Crippen molar-refractivity contribution in [2.45, 2.75) is 111 Å². The minimum atomic E-state index is -4.24. The maximum atomic E-state index is 10.3. The number of aliphatic hydroxyl groups excluding tert-OH is 2. The predicted octanol–water partition coefficient (Wildman–Crippen LogP) is 5.45. The molecule has 0 saturated heterocycles. The lowest BCUT2D eigenvalue weighted by Crippen LogP contribution is -2.04. The third-order valence-corrected chi connectivity index (χ3v) is 4.19. The lowest BCUT2D eigenvalue weighted by atomic mass is 10.0. The van der Waals surface area contributed by atoms with Gasteiger partial charge in [0.2, 0.25) is 0 Å². The molecule has 0 unspecified atom stereocenters. The van der Waals surface area contributed by atoms with Crippen molar-refractivity contribution in [3.63, 3.8) is 0 Å². The molecule has 6 N–H and O–H groups in total. The molecule has 0 aromatic heterocycles. The molecular weight excluding hydrogens is 382 g/mol. The molecule has 0 saturated carbocycles. The first-order valence-corrected chi connectivity index (χ1v) is 12.1. The Morgan fingerprint density at radius 3 is 1.11 bits per heavy atom. The van der Waals surface area contributed by atoms with Gasteiger partial charge in [0.05, 0.1) is 6.61 Å². The molecule has 28 heavy (non-hydrogen) atoms. The van der Waals surface area contributed by atoms with Crippen molar-refractivity contribution < 1.29 is 27.4 Å². The maximum absolute atomic E-state index is 10.3. The lowest BCUT2D eigenvalue weighted by Gasteiger charge is -2.03. The van der Waals surface area contributed by atoms with Gasteiger partial charge >= 0.3 is 10.4 Å². The fourth-order valence-electron chi connectivity index (χ4n) is 2.46. The number of rotatable bonds is 16. The first-order valence-electron chi connectivity index (χ1n) is 10.7. The summed E-state index contributed by atoms with van der Waals surface area (Å²) in [7, 11) is -4.24. The summed E-state index contributed by atoms with van der Waals surface area (Å²) in [4.78, 5) is 0. The molecule has 0 bridgehead atoms. The third kappa shape index (κ3) is 50.1. The first-order chi connectivity index (χ1) is 12.9. The van der Waals surface area contributed by atoms with Gasteiger partial charge in [0.25, 0.3) is 0 Å². The molecule has 0 spiro atoms. The molecule has 0 amide bonds. The van der Waals surface area contributed by atoms with Crippen molar-refractivity contribution in [3.05, 3.63) is 0 Å². The van der Waals surface area contributed by atoms with E-state index < -0.39 is 10.4 Å². The van der Waals surface area contributed by atoms with Crippen LogP contribution in [-0.2, 0) is 14.6 Å². The fraction of sp³-hybridized carbons (Fsp3) is 1.00. The van der Waals surface area contributed by atoms with Crippen molar-refractivity contribution >= 4 is 10.4 Å². The van der Waals surface area contributed by atoms with E-state index in [0.717, 1.165) is 12.8 Å². The minimum absolute atomic E-state index is 0. The topological polar surface area (TPSA) is 139 Å². The number of unbranched alkanes of at least 4 members (excludes halogenated alkanes) is 13. The van der Waals surface area contributed by atoms with Gasteiger partial charge in [-0.15, -0.1) is 0 Å². The van der Waals surface area contributed by atoms with Crippen LogP contribution in [-0.4, -0.2) is 43.0 Å². The van der Waals surface area contributed by atoms with Gasteiger partial charge in [-0.05, 0) is 20.3 Å². The van der Waals surface area contributed by atoms with Crippen molar-refractivity contribution in [2.75, 3.05) is 19.8 Å². The number of hydrogen-bond acceptors (Lipinski definition) is 6. The summed E-state index contributed by atoms with van der Waals surface area (Å²) in [6.45, 7) is 6.21. The summed E-state index contributed by atoms with van der Waals surface area (Å²) in [5.74, 6) is 0. The fourth-order valence-corrected chi connectivity index (χ4v) is 2.79. The second-order valence-electron chi connectivity index (χ2n) is 6.48. The van der Waals surface area contributed by atoms with Crippen LogP contribution in [0.5, 0.6) is 0 Å². The Labute approximate surface area is 174 Å². The quantitative estimate of drug-likeness (QED) is 0.188. The molecule has 7 nitrogen and oxygen atoms in total. The Morgan fingerprint density at radius 1 is 0.607 bits per heavy atom. The maximum Gasteiger partial charge on any atom is 0.397 e. The van der Waals surface area contributed by atoms with Crippen LogP contribution in [0.4, 0.5) is 0 Å². The van der Waals surface area contributed by atoms with E-state index in [9.17, 15) is 8.42 Å². The van der Waals surface area contributed by atoms with Gasteiger partial charge in [-0.1, -0.05) is 90.4 Å². The molecule has 0 fully saturated rings. The first kappa shape index (κ1) is 35.2. The van der Waals surface area contributed by atoms with E-state index in [1.54, 1.807) is 13.8 Å². The molecule has 0 heterocycles. The summed E-state index contributed by atoms with van der Waals surface area (Å²) in [5.41, 5.74) is 0. The highest BCUT2D eigenvalue weighted by atomic mass is 32.3. The zero-order chi connectivity index (χ0) is 21.2. The van der Waals surface area contributed by atoms with Gasteiger partial charge in [0, 0.05) is 13.2 Å². The highest BCUT2D eigenvalue weighted by Gasteiger charge is 2.02. The predicted molar refractivity (Wildman–Crippen MR) is 118 cm³/mol. The van der Waals surface area contributed by atoms with Crippen molar-refractivity contribution in [2.24, 2.45) is 0 Å². The summed E-state index contributed by atoms with van der Waals surface area (Å²) >= 11 is 0. The lowest BCUT2D eigenvalue weighted by molar-refractivity contribution is 0.261. The molecule has 176 valence electrons. The molecular formula is C20H49NO6S. The smallest absolute Gasteiger partial charge is 0.397 e. The monoisotopic (exact) mass is 431 g/mol. The average Bonchev–Trinajstić information content (AvgIpc) is 2.59. The highest BCUT2D eigenvalue weighted by molar-refractivity contribution is 7.80. The van der Waals surface area contributed by atoms with Crippen LogP contribution in [0.15, 0.2) is 0 Å². The molecule has 0 rings (SSSR count). The van der Waals surface area contributed by atoms with E-state index in [0.29, 0.717) is 6.42 Å². The largest absolute Gasteiger partial charge is 0.397 e. The second-order valence-corrected chi connectivity index (χ2v) is 7.57. The Hall–Kier alpha value is -0.250. The normalized spacial score (nSPS) is 10.2. The van der Waals surface area contributed by atoms with Gasteiger partial charge in [0.15, 0.2) is 0 Å². The van der Waals surface area contributed by atoms with Crippen LogP contribution in [0.25, 0.3) is 0 Å². The van der Waals surface area contributed by atoms with Crippen LogP contribution in [0.2, 0.25) is 0 Å². The van der Waals surface area contributed by atoms with Crippen molar-refractivity contribution in [1.82, 2.24) is 6.15 Å². The summed E-state index contributed by atoms with van der Waals surface area (Å²) in [6.07, 6.45) is 17.6. The van der Waals surface area contributed by atoms with E-state index >= 15 is 0 Å². The standard InChI is InChI=1S/C16H34O4S.2C2H6O.H3N/c1-2-3-4-5-6-7-8-9-10-11-12-13-14-15-16-20-21(17,18)19;2*1-2-3;/h2-16H2,1H3,(H,17,18,19);2*3H,2H2,1H3;1H3. The SMILES string of the molecule is CCCCCCCCCCCCCCCCOS(=O)(=O)O.CCO.CCO.N. The van der Waals surface area contributed by atoms with Gasteiger partial charge in [0.1, 0.15) is 0 Å².